The highest BCUT2D eigenvalue weighted by atomic mass is 79.9. The molecular weight excluding hydrogens is 253 g/mol. The van der Waals surface area contributed by atoms with E-state index in [0.29, 0.717) is 5.52 Å². The number of aromatic hydroxyl groups is 1. The molecule has 0 unspecified atom stereocenters. The highest BCUT2D eigenvalue weighted by Gasteiger charge is 2.10. The smallest absolute Gasteiger partial charge is 0.288 e. The average molecular weight is 258 g/mol. The topological polar surface area (TPSA) is 53.1 Å². The van der Waals surface area contributed by atoms with E-state index in [1.54, 1.807) is 12.1 Å². The molecule has 0 aliphatic heterocycles. The van der Waals surface area contributed by atoms with Gasteiger partial charge in [-0.15, -0.1) is 0 Å². The number of benzene rings is 1. The quantitative estimate of drug-likeness (QED) is 0.760. The molecule has 1 heterocycles. The van der Waals surface area contributed by atoms with Crippen LogP contribution in [-0.4, -0.2) is 10.1 Å². The number of halogens is 2. The third kappa shape index (κ3) is 1.29. The Morgan fingerprint density at radius 3 is 2.86 bits per heavy atom. The van der Waals surface area contributed by atoms with Gasteiger partial charge in [0.15, 0.2) is 5.75 Å². The summed E-state index contributed by atoms with van der Waals surface area (Å²) >= 11 is 3.20. The first-order chi connectivity index (χ1) is 6.59. The maximum absolute atomic E-state index is 13.0. The van der Waals surface area contributed by atoms with Crippen LogP contribution in [0.5, 0.6) is 5.75 Å². The molecule has 0 saturated heterocycles. The molecule has 14 heavy (non-hydrogen) atoms. The van der Waals surface area contributed by atoms with E-state index in [-0.39, 0.29) is 5.39 Å². The summed E-state index contributed by atoms with van der Waals surface area (Å²) < 4.78 is 13.7. The summed E-state index contributed by atoms with van der Waals surface area (Å²) in [4.78, 5) is 13.3. The van der Waals surface area contributed by atoms with Crippen LogP contribution in [0.3, 0.4) is 0 Å². The first-order valence-corrected chi connectivity index (χ1v) is 4.59. The molecule has 0 aliphatic carbocycles. The number of hydrogen-bond donors (Lipinski definition) is 2. The molecule has 2 N–H and O–H groups in total. The molecule has 0 atom stereocenters. The molecule has 1 aromatic heterocycles. The van der Waals surface area contributed by atoms with E-state index in [1.165, 1.54) is 6.07 Å². The van der Waals surface area contributed by atoms with E-state index >= 15 is 0 Å². The van der Waals surface area contributed by atoms with Crippen molar-refractivity contribution in [1.29, 1.82) is 0 Å². The first kappa shape index (κ1) is 9.21. The second-order valence-electron chi connectivity index (χ2n) is 2.81. The van der Waals surface area contributed by atoms with Crippen LogP contribution in [-0.2, 0) is 0 Å². The Bertz CT molecular complexity index is 564. The third-order valence-electron chi connectivity index (χ3n) is 1.89. The van der Waals surface area contributed by atoms with Crippen molar-refractivity contribution in [1.82, 2.24) is 4.98 Å². The van der Waals surface area contributed by atoms with Gasteiger partial charge < -0.3 is 10.1 Å². The highest BCUT2D eigenvalue weighted by Crippen LogP contribution is 2.25. The first-order valence-electron chi connectivity index (χ1n) is 3.79. The van der Waals surface area contributed by atoms with E-state index in [1.807, 2.05) is 0 Å². The molecule has 2 rings (SSSR count). The minimum Gasteiger partial charge on any atom is -0.504 e. The molecule has 72 valence electrons. The molecule has 3 nitrogen and oxygen atoms in total. The zero-order valence-corrected chi connectivity index (χ0v) is 8.43. The molecular formula is C9H5BrFNO2. The van der Waals surface area contributed by atoms with E-state index in [0.717, 1.165) is 4.47 Å². The lowest BCUT2D eigenvalue weighted by Gasteiger charge is -2.01. The summed E-state index contributed by atoms with van der Waals surface area (Å²) in [7, 11) is 0. The number of H-pyrrole nitrogens is 1. The molecule has 0 radical (unpaired) electrons. The molecule has 0 amide bonds. The van der Waals surface area contributed by atoms with Crippen molar-refractivity contribution in [2.24, 2.45) is 0 Å². The Morgan fingerprint density at radius 2 is 2.14 bits per heavy atom. The summed E-state index contributed by atoms with van der Waals surface area (Å²) in [5, 5.41) is 9.60. The van der Waals surface area contributed by atoms with Gasteiger partial charge in [0.25, 0.3) is 5.56 Å². The Kier molecular flexibility index (Phi) is 2.03. The van der Waals surface area contributed by atoms with Crippen molar-refractivity contribution in [3.8, 4) is 5.75 Å². The maximum atomic E-state index is 13.0. The van der Waals surface area contributed by atoms with Gasteiger partial charge in [0.1, 0.15) is 0 Å². The number of rotatable bonds is 0. The number of aromatic amines is 1. The third-order valence-corrected chi connectivity index (χ3v) is 2.39. The van der Waals surface area contributed by atoms with Crippen molar-refractivity contribution in [3.05, 3.63) is 38.8 Å². The lowest BCUT2D eigenvalue weighted by Crippen LogP contribution is -2.10. The zero-order valence-electron chi connectivity index (χ0n) is 6.84. The number of hydrogen-bond acceptors (Lipinski definition) is 2. The fraction of sp³-hybridized carbons (Fsp3) is 0. The van der Waals surface area contributed by atoms with Gasteiger partial charge in [-0.05, 0) is 18.2 Å². The second-order valence-corrected chi connectivity index (χ2v) is 3.72. The molecule has 0 aliphatic rings. The number of pyridine rings is 1. The zero-order chi connectivity index (χ0) is 10.3. The molecule has 5 heteroatoms. The van der Waals surface area contributed by atoms with E-state index in [9.17, 15) is 14.3 Å². The van der Waals surface area contributed by atoms with Crippen LogP contribution in [0.4, 0.5) is 4.39 Å². The van der Waals surface area contributed by atoms with E-state index in [4.69, 9.17) is 0 Å². The van der Waals surface area contributed by atoms with Crippen LogP contribution in [0.1, 0.15) is 0 Å². The maximum Gasteiger partial charge on any atom is 0.288 e. The van der Waals surface area contributed by atoms with Crippen molar-refractivity contribution in [3.63, 3.8) is 0 Å². The van der Waals surface area contributed by atoms with Crippen molar-refractivity contribution < 1.29 is 9.50 Å². The summed E-state index contributed by atoms with van der Waals surface area (Å²) in [5.74, 6) is -1.77. The number of aromatic nitrogens is 1. The second kappa shape index (κ2) is 3.09. The van der Waals surface area contributed by atoms with Crippen molar-refractivity contribution in [2.75, 3.05) is 0 Å². The van der Waals surface area contributed by atoms with Gasteiger partial charge in [-0.1, -0.05) is 15.9 Å². The number of fused-ring (bicyclic) bond motifs is 1. The molecule has 0 spiro atoms. The van der Waals surface area contributed by atoms with Gasteiger partial charge in [0.05, 0.1) is 5.52 Å². The van der Waals surface area contributed by atoms with Crippen LogP contribution in [0.25, 0.3) is 10.9 Å². The highest BCUT2D eigenvalue weighted by molar-refractivity contribution is 9.10. The van der Waals surface area contributed by atoms with Crippen molar-refractivity contribution >= 4 is 26.8 Å². The molecule has 0 saturated carbocycles. The minimum absolute atomic E-state index is 0.283. The summed E-state index contributed by atoms with van der Waals surface area (Å²) in [5.41, 5.74) is -0.531. The minimum atomic E-state index is -1.15. The fourth-order valence-electron chi connectivity index (χ4n) is 1.23. The lowest BCUT2D eigenvalue weighted by atomic mass is 10.2. The number of nitrogens with one attached hydrogen (secondary N) is 1. The SMILES string of the molecule is O=c1[nH]c2cc(Br)ccc2c(O)c1F. The van der Waals surface area contributed by atoms with Gasteiger partial charge in [0.2, 0.25) is 5.82 Å². The monoisotopic (exact) mass is 257 g/mol. The summed E-state index contributed by atoms with van der Waals surface area (Å²) in [6, 6.07) is 4.77. The van der Waals surface area contributed by atoms with Gasteiger partial charge >= 0.3 is 0 Å². The molecule has 0 bridgehead atoms. The lowest BCUT2D eigenvalue weighted by molar-refractivity contribution is 0.433. The van der Waals surface area contributed by atoms with Gasteiger partial charge in [-0.25, -0.2) is 0 Å². The average Bonchev–Trinajstić information content (AvgIpc) is 2.14. The summed E-state index contributed by atoms with van der Waals surface area (Å²) in [6.45, 7) is 0. The Balaban J connectivity index is 2.98. The largest absolute Gasteiger partial charge is 0.504 e. The molecule has 2 aromatic rings. The summed E-state index contributed by atoms with van der Waals surface area (Å²) in [6.07, 6.45) is 0. The van der Waals surface area contributed by atoms with E-state index < -0.39 is 17.1 Å². The predicted molar refractivity (Wildman–Crippen MR) is 53.9 cm³/mol. The molecule has 0 fully saturated rings. The van der Waals surface area contributed by atoms with Crippen LogP contribution in [0.15, 0.2) is 27.5 Å². The standard InChI is InChI=1S/C9H5BrFNO2/c10-4-1-2-5-6(3-4)12-9(14)7(11)8(5)13/h1-3H,(H2,12,13,14). The fourth-order valence-corrected chi connectivity index (χ4v) is 1.59. The Labute approximate surface area is 86.3 Å². The van der Waals surface area contributed by atoms with Gasteiger partial charge in [-0.3, -0.25) is 4.79 Å². The van der Waals surface area contributed by atoms with Crippen LogP contribution in [0.2, 0.25) is 0 Å². The van der Waals surface area contributed by atoms with Crippen LogP contribution >= 0.6 is 15.9 Å². The van der Waals surface area contributed by atoms with Gasteiger partial charge in [0, 0.05) is 9.86 Å². The Hall–Kier alpha value is -1.36. The van der Waals surface area contributed by atoms with Crippen LogP contribution in [0, 0.1) is 5.82 Å². The normalized spacial score (nSPS) is 10.7. The molecule has 1 aromatic carbocycles. The van der Waals surface area contributed by atoms with Crippen LogP contribution < -0.4 is 5.56 Å². The van der Waals surface area contributed by atoms with Gasteiger partial charge in [-0.2, -0.15) is 4.39 Å². The Morgan fingerprint density at radius 1 is 1.43 bits per heavy atom. The predicted octanol–water partition coefficient (Wildman–Crippen LogP) is 2.14. The van der Waals surface area contributed by atoms with Crippen molar-refractivity contribution in [2.45, 2.75) is 0 Å². The van der Waals surface area contributed by atoms with E-state index in [2.05, 4.69) is 20.9 Å².